The van der Waals surface area contributed by atoms with Crippen LogP contribution in [0.4, 0.5) is 0 Å². The maximum atomic E-state index is 12.1. The van der Waals surface area contributed by atoms with Gasteiger partial charge in [0.15, 0.2) is 0 Å². The largest absolute Gasteiger partial charge is 0.598 e. The Hall–Kier alpha value is -0.710. The van der Waals surface area contributed by atoms with Gasteiger partial charge < -0.3 is 9.66 Å². The fourth-order valence-corrected chi connectivity index (χ4v) is 2.32. The molecule has 1 rings (SSSR count). The van der Waals surface area contributed by atoms with Crippen molar-refractivity contribution in [2.75, 3.05) is 0 Å². The predicted octanol–water partition coefficient (Wildman–Crippen LogP) is 2.68. The summed E-state index contributed by atoms with van der Waals surface area (Å²) in [6.45, 7) is 9.56. The highest BCUT2D eigenvalue weighted by atomic mass is 32.2. The van der Waals surface area contributed by atoms with Gasteiger partial charge in [-0.2, -0.15) is 0 Å². The van der Waals surface area contributed by atoms with E-state index in [0.717, 1.165) is 5.56 Å². The summed E-state index contributed by atoms with van der Waals surface area (Å²) in [5.41, 5.74) is 0.210. The number of benzene rings is 1. The van der Waals surface area contributed by atoms with Crippen LogP contribution < -0.4 is 4.72 Å². The van der Waals surface area contributed by atoms with Crippen LogP contribution in [0.5, 0.6) is 5.75 Å². The number of aromatic hydroxyl groups is 1. The average molecular weight is 255 g/mol. The molecular formula is C13H21NO2S. The summed E-state index contributed by atoms with van der Waals surface area (Å²) in [6.07, 6.45) is 0. The number of hydrogen-bond acceptors (Lipinski definition) is 3. The number of para-hydroxylation sites is 1. The lowest BCUT2D eigenvalue weighted by atomic mass is 9.95. The van der Waals surface area contributed by atoms with Gasteiger partial charge in [0.05, 0.1) is 5.54 Å². The van der Waals surface area contributed by atoms with Crippen molar-refractivity contribution in [2.45, 2.75) is 44.9 Å². The molecule has 0 saturated carbocycles. The van der Waals surface area contributed by atoms with Gasteiger partial charge in [0.25, 0.3) is 0 Å². The Morgan fingerprint density at radius 3 is 2.12 bits per heavy atom. The van der Waals surface area contributed by atoms with E-state index in [9.17, 15) is 9.66 Å². The second-order valence-corrected chi connectivity index (χ2v) is 7.59. The molecule has 1 atom stereocenters. The van der Waals surface area contributed by atoms with Crippen molar-refractivity contribution < 1.29 is 9.66 Å². The van der Waals surface area contributed by atoms with Crippen LogP contribution in [0.15, 0.2) is 24.3 Å². The summed E-state index contributed by atoms with van der Waals surface area (Å²) < 4.78 is 14.8. The fourth-order valence-electron chi connectivity index (χ4n) is 1.44. The van der Waals surface area contributed by atoms with E-state index in [1.165, 1.54) is 0 Å². The highest BCUT2D eigenvalue weighted by Crippen LogP contribution is 2.30. The van der Waals surface area contributed by atoms with Gasteiger partial charge in [-0.25, -0.2) is 0 Å². The van der Waals surface area contributed by atoms with Gasteiger partial charge in [-0.05, 0) is 40.7 Å². The van der Waals surface area contributed by atoms with Crippen LogP contribution in [0.3, 0.4) is 0 Å². The van der Waals surface area contributed by atoms with Crippen LogP contribution in [0.1, 0.15) is 40.2 Å². The minimum Gasteiger partial charge on any atom is -0.598 e. The van der Waals surface area contributed by atoms with Gasteiger partial charge in [-0.15, -0.1) is 4.72 Å². The number of nitrogens with one attached hydrogen (secondary N) is 1. The minimum atomic E-state index is -1.18. The third-order valence-corrected chi connectivity index (χ3v) is 4.29. The second kappa shape index (κ2) is 4.88. The lowest BCUT2D eigenvalue weighted by molar-refractivity contribution is 0.414. The van der Waals surface area contributed by atoms with E-state index in [-0.39, 0.29) is 10.5 Å². The Labute approximate surface area is 107 Å². The van der Waals surface area contributed by atoms with Crippen molar-refractivity contribution in [2.24, 2.45) is 0 Å². The summed E-state index contributed by atoms with van der Waals surface area (Å²) in [4.78, 5) is 0. The molecule has 1 aromatic carbocycles. The molecule has 0 aliphatic rings. The molecule has 3 nitrogen and oxygen atoms in total. The second-order valence-electron chi connectivity index (χ2n) is 5.63. The Kier molecular flexibility index (Phi) is 4.12. The first-order chi connectivity index (χ1) is 7.64. The fraction of sp³-hybridized carbons (Fsp3) is 0.538. The van der Waals surface area contributed by atoms with E-state index < -0.39 is 16.9 Å². The highest BCUT2D eigenvalue weighted by molar-refractivity contribution is 7.90. The zero-order chi connectivity index (χ0) is 13.3. The smallest absolute Gasteiger partial charge is 0.136 e. The number of rotatable bonds is 3. The molecule has 1 aromatic rings. The summed E-state index contributed by atoms with van der Waals surface area (Å²) in [5, 5.41) is 9.82. The first-order valence-corrected chi connectivity index (χ1v) is 6.78. The lowest BCUT2D eigenvalue weighted by Crippen LogP contribution is -2.48. The zero-order valence-corrected chi connectivity index (χ0v) is 11.9. The van der Waals surface area contributed by atoms with Gasteiger partial charge in [0, 0.05) is 16.9 Å². The summed E-state index contributed by atoms with van der Waals surface area (Å²) in [5.74, 6) is 0.218. The molecule has 0 aliphatic heterocycles. The van der Waals surface area contributed by atoms with Crippen LogP contribution in [-0.4, -0.2) is 14.4 Å². The van der Waals surface area contributed by atoms with Crippen LogP contribution >= 0.6 is 0 Å². The lowest BCUT2D eigenvalue weighted by Gasteiger charge is -2.32. The first kappa shape index (κ1) is 14.4. The first-order valence-electron chi connectivity index (χ1n) is 5.63. The molecule has 0 saturated heterocycles. The third-order valence-electron chi connectivity index (χ3n) is 2.48. The molecule has 0 amide bonds. The quantitative estimate of drug-likeness (QED) is 0.816. The Morgan fingerprint density at radius 1 is 1.12 bits per heavy atom. The molecule has 0 radical (unpaired) electrons. The van der Waals surface area contributed by atoms with E-state index in [4.69, 9.17) is 0 Å². The van der Waals surface area contributed by atoms with Crippen molar-refractivity contribution in [3.8, 4) is 5.75 Å². The molecule has 4 heteroatoms. The topological polar surface area (TPSA) is 55.3 Å². The molecule has 96 valence electrons. The molecule has 0 aliphatic carbocycles. The Morgan fingerprint density at radius 2 is 1.65 bits per heavy atom. The average Bonchev–Trinajstić information content (AvgIpc) is 2.15. The highest BCUT2D eigenvalue weighted by Gasteiger charge is 2.35. The Bertz CT molecular complexity index is 385. The molecule has 1 unspecified atom stereocenters. The van der Waals surface area contributed by atoms with Gasteiger partial charge in [0.1, 0.15) is 10.5 Å². The third kappa shape index (κ3) is 3.63. The summed E-state index contributed by atoms with van der Waals surface area (Å²) in [6, 6.07) is 7.11. The van der Waals surface area contributed by atoms with Gasteiger partial charge in [-0.3, -0.25) is 0 Å². The predicted molar refractivity (Wildman–Crippen MR) is 72.2 cm³/mol. The Balaban J connectivity index is 2.93. The standard InChI is InChI=1S/C13H21NO2S/c1-12(2,3)17(16)14-13(4,5)10-8-6-7-9-11(10)15/h6-9,14-15H,1-5H3. The van der Waals surface area contributed by atoms with Crippen molar-refractivity contribution in [1.29, 1.82) is 0 Å². The summed E-state index contributed by atoms with van der Waals surface area (Å²) >= 11 is -1.18. The SMILES string of the molecule is CC(C)(N[S+]([O-])C(C)(C)C)c1ccccc1O. The zero-order valence-electron chi connectivity index (χ0n) is 11.1. The van der Waals surface area contributed by atoms with Gasteiger partial charge >= 0.3 is 0 Å². The van der Waals surface area contributed by atoms with Crippen molar-refractivity contribution in [1.82, 2.24) is 4.72 Å². The number of hydrogen-bond donors (Lipinski definition) is 2. The molecule has 0 aromatic heterocycles. The monoisotopic (exact) mass is 255 g/mol. The van der Waals surface area contributed by atoms with Crippen molar-refractivity contribution in [3.05, 3.63) is 29.8 Å². The van der Waals surface area contributed by atoms with Crippen LogP contribution in [0, 0.1) is 0 Å². The molecule has 0 fully saturated rings. The van der Waals surface area contributed by atoms with E-state index in [1.807, 2.05) is 46.8 Å². The normalized spacial score (nSPS) is 14.7. The molecular weight excluding hydrogens is 234 g/mol. The number of phenolic OH excluding ortho intramolecular Hbond substituents is 1. The minimum absolute atomic E-state index is 0.218. The molecule has 17 heavy (non-hydrogen) atoms. The maximum absolute atomic E-state index is 12.1. The van der Waals surface area contributed by atoms with Gasteiger partial charge in [0.2, 0.25) is 0 Å². The van der Waals surface area contributed by atoms with Crippen LogP contribution in [-0.2, 0) is 16.9 Å². The van der Waals surface area contributed by atoms with E-state index in [2.05, 4.69) is 4.72 Å². The van der Waals surface area contributed by atoms with E-state index >= 15 is 0 Å². The molecule has 0 bridgehead atoms. The molecule has 0 heterocycles. The van der Waals surface area contributed by atoms with Crippen molar-refractivity contribution in [3.63, 3.8) is 0 Å². The molecule has 0 spiro atoms. The van der Waals surface area contributed by atoms with Gasteiger partial charge in [-0.1, -0.05) is 18.2 Å². The van der Waals surface area contributed by atoms with E-state index in [0.29, 0.717) is 0 Å². The summed E-state index contributed by atoms with van der Waals surface area (Å²) in [7, 11) is 0. The maximum Gasteiger partial charge on any atom is 0.136 e. The van der Waals surface area contributed by atoms with Crippen LogP contribution in [0.25, 0.3) is 0 Å². The molecule has 2 N–H and O–H groups in total. The van der Waals surface area contributed by atoms with E-state index in [1.54, 1.807) is 12.1 Å². The van der Waals surface area contributed by atoms with Crippen LogP contribution in [0.2, 0.25) is 0 Å². The van der Waals surface area contributed by atoms with Crippen molar-refractivity contribution >= 4 is 11.4 Å². The number of phenols is 1.